The Hall–Kier alpha value is -3.72. The van der Waals surface area contributed by atoms with E-state index in [1.165, 1.54) is 6.92 Å². The number of carbonyl (C=O) groups excluding carboxylic acids is 4. The van der Waals surface area contributed by atoms with Gasteiger partial charge in [-0.15, -0.1) is 0 Å². The van der Waals surface area contributed by atoms with Crippen molar-refractivity contribution >= 4 is 23.8 Å². The fourth-order valence-corrected chi connectivity index (χ4v) is 3.34. The summed E-state index contributed by atoms with van der Waals surface area (Å²) in [6.07, 6.45) is 0.651. The molecule has 9 nitrogen and oxygen atoms in total. The third-order valence-corrected chi connectivity index (χ3v) is 5.02. The van der Waals surface area contributed by atoms with Gasteiger partial charge in [0.05, 0.1) is 24.7 Å². The normalized spacial score (nSPS) is 11.8. The van der Waals surface area contributed by atoms with Crippen LogP contribution >= 0.6 is 0 Å². The average Bonchev–Trinajstić information content (AvgIpc) is 2.82. The van der Waals surface area contributed by atoms with Gasteiger partial charge in [-0.25, -0.2) is 10.3 Å². The van der Waals surface area contributed by atoms with E-state index in [9.17, 15) is 19.2 Å². The van der Waals surface area contributed by atoms with Crippen LogP contribution in [0, 0.1) is 5.92 Å². The zero-order valence-electron chi connectivity index (χ0n) is 22.0. The Morgan fingerprint density at radius 1 is 0.919 bits per heavy atom. The molecule has 0 saturated carbocycles. The minimum Gasteiger partial charge on any atom is -0.462 e. The van der Waals surface area contributed by atoms with Gasteiger partial charge in [0.25, 0.3) is 0 Å². The van der Waals surface area contributed by atoms with Crippen LogP contribution in [0.5, 0.6) is 5.75 Å². The molecule has 1 N–H and O–H groups in total. The molecular weight excluding hydrogens is 478 g/mol. The molecule has 9 heteroatoms. The van der Waals surface area contributed by atoms with E-state index in [0.717, 1.165) is 11.1 Å². The molecule has 0 fully saturated rings. The molecule has 0 radical (unpaired) electrons. The van der Waals surface area contributed by atoms with Crippen molar-refractivity contribution in [3.8, 4) is 5.75 Å². The molecule has 0 heterocycles. The van der Waals surface area contributed by atoms with Crippen molar-refractivity contribution in [1.29, 1.82) is 0 Å². The maximum absolute atomic E-state index is 12.8. The van der Waals surface area contributed by atoms with Crippen molar-refractivity contribution in [1.82, 2.24) is 5.48 Å². The fourth-order valence-electron chi connectivity index (χ4n) is 3.34. The summed E-state index contributed by atoms with van der Waals surface area (Å²) in [4.78, 5) is 53.3. The van der Waals surface area contributed by atoms with Gasteiger partial charge in [0, 0.05) is 13.3 Å². The summed E-state index contributed by atoms with van der Waals surface area (Å²) in [6.45, 7) is 8.83. The lowest BCUT2D eigenvalue weighted by molar-refractivity contribution is -0.160. The van der Waals surface area contributed by atoms with Crippen molar-refractivity contribution in [3.05, 3.63) is 65.2 Å². The monoisotopic (exact) mass is 513 g/mol. The Balaban J connectivity index is 1.91. The van der Waals surface area contributed by atoms with Gasteiger partial charge in [-0.05, 0) is 75.9 Å². The molecule has 1 amide bonds. The number of carbonyl (C=O) groups is 4. The molecule has 2 aromatic carbocycles. The van der Waals surface area contributed by atoms with E-state index in [1.807, 2.05) is 0 Å². The van der Waals surface area contributed by atoms with Gasteiger partial charge in [-0.1, -0.05) is 24.3 Å². The van der Waals surface area contributed by atoms with Crippen molar-refractivity contribution < 1.29 is 38.2 Å². The zero-order chi connectivity index (χ0) is 27.4. The number of amides is 1. The number of nitrogens with one attached hydrogen (secondary N) is 1. The van der Waals surface area contributed by atoms with Crippen LogP contribution in [0.2, 0.25) is 0 Å². The Bertz CT molecular complexity index is 1060. The maximum Gasteiger partial charge on any atom is 0.338 e. The van der Waals surface area contributed by atoms with Crippen molar-refractivity contribution in [3.63, 3.8) is 0 Å². The Kier molecular flexibility index (Phi) is 11.3. The number of hydrogen-bond acceptors (Lipinski definition) is 8. The van der Waals surface area contributed by atoms with Gasteiger partial charge >= 0.3 is 17.9 Å². The number of esters is 3. The predicted octanol–water partition coefficient (Wildman–Crippen LogP) is 4.32. The number of hydroxylamine groups is 1. The second kappa shape index (κ2) is 14.1. The molecule has 0 bridgehead atoms. The van der Waals surface area contributed by atoms with E-state index in [4.69, 9.17) is 19.0 Å². The van der Waals surface area contributed by atoms with Crippen molar-refractivity contribution in [2.24, 2.45) is 5.92 Å². The summed E-state index contributed by atoms with van der Waals surface area (Å²) in [5.74, 6) is -1.73. The standard InChI is InChI=1S/C28H35NO8/c1-6-34-26(32)22-11-7-20(8-12-22)17-23(27(33)37-28(3,4)5)13-16-25(31)29-35-18-21-9-14-24(15-10-21)36-19(2)30/h7-12,14-15,23H,6,13,16-18H2,1-5H3,(H,29,31). The summed E-state index contributed by atoms with van der Waals surface area (Å²) in [5.41, 5.74) is 3.75. The lowest BCUT2D eigenvalue weighted by Gasteiger charge is -2.24. The van der Waals surface area contributed by atoms with Crippen LogP contribution in [0.15, 0.2) is 48.5 Å². The lowest BCUT2D eigenvalue weighted by Crippen LogP contribution is -2.31. The number of rotatable bonds is 12. The average molecular weight is 514 g/mol. The Morgan fingerprint density at radius 3 is 2.11 bits per heavy atom. The molecular formula is C28H35NO8. The molecule has 2 rings (SSSR count). The summed E-state index contributed by atoms with van der Waals surface area (Å²) in [7, 11) is 0. The SMILES string of the molecule is CCOC(=O)c1ccc(CC(CCC(=O)NOCc2ccc(OC(C)=O)cc2)C(=O)OC(C)(C)C)cc1. The largest absolute Gasteiger partial charge is 0.462 e. The minimum atomic E-state index is -0.667. The maximum atomic E-state index is 12.8. The summed E-state index contributed by atoms with van der Waals surface area (Å²) < 4.78 is 15.5. The van der Waals surface area contributed by atoms with E-state index in [2.05, 4.69) is 5.48 Å². The highest BCUT2D eigenvalue weighted by Crippen LogP contribution is 2.21. The molecule has 0 spiro atoms. The second-order valence-electron chi connectivity index (χ2n) is 9.44. The lowest BCUT2D eigenvalue weighted by atomic mass is 9.94. The molecule has 0 aromatic heterocycles. The first-order valence-corrected chi connectivity index (χ1v) is 12.1. The molecule has 200 valence electrons. The van der Waals surface area contributed by atoms with Crippen molar-refractivity contribution in [2.75, 3.05) is 6.61 Å². The van der Waals surface area contributed by atoms with Gasteiger partial charge in [0.15, 0.2) is 0 Å². The van der Waals surface area contributed by atoms with E-state index < -0.39 is 29.4 Å². The van der Waals surface area contributed by atoms with E-state index >= 15 is 0 Å². The quantitative estimate of drug-likeness (QED) is 0.253. The van der Waals surface area contributed by atoms with Gasteiger partial charge in [-0.3, -0.25) is 19.2 Å². The highest BCUT2D eigenvalue weighted by atomic mass is 16.6. The van der Waals surface area contributed by atoms with Crippen molar-refractivity contribution in [2.45, 2.75) is 66.1 Å². The molecule has 0 aliphatic heterocycles. The van der Waals surface area contributed by atoms with E-state index in [-0.39, 0.29) is 32.0 Å². The number of benzene rings is 2. The third-order valence-electron chi connectivity index (χ3n) is 5.02. The van der Waals surface area contributed by atoms with Crippen LogP contribution in [0.4, 0.5) is 0 Å². The Morgan fingerprint density at radius 2 is 1.54 bits per heavy atom. The van der Waals surface area contributed by atoms with Gasteiger partial charge in [-0.2, -0.15) is 0 Å². The molecule has 0 aliphatic rings. The second-order valence-corrected chi connectivity index (χ2v) is 9.44. The first-order chi connectivity index (χ1) is 17.5. The van der Waals surface area contributed by atoms with Crippen LogP contribution in [-0.2, 0) is 41.7 Å². The van der Waals surface area contributed by atoms with Gasteiger partial charge in [0.1, 0.15) is 11.4 Å². The molecule has 1 atom stereocenters. The zero-order valence-corrected chi connectivity index (χ0v) is 22.0. The molecule has 0 saturated heterocycles. The summed E-state index contributed by atoms with van der Waals surface area (Å²) >= 11 is 0. The highest BCUT2D eigenvalue weighted by molar-refractivity contribution is 5.89. The predicted molar refractivity (Wildman–Crippen MR) is 135 cm³/mol. The Labute approximate surface area is 217 Å². The third kappa shape index (κ3) is 11.3. The van der Waals surface area contributed by atoms with Crippen LogP contribution in [0.25, 0.3) is 0 Å². The highest BCUT2D eigenvalue weighted by Gasteiger charge is 2.26. The van der Waals surface area contributed by atoms with Crippen LogP contribution < -0.4 is 10.2 Å². The van der Waals surface area contributed by atoms with Gasteiger partial charge < -0.3 is 14.2 Å². The van der Waals surface area contributed by atoms with Crippen LogP contribution in [0.3, 0.4) is 0 Å². The molecule has 2 aromatic rings. The summed E-state index contributed by atoms with van der Waals surface area (Å²) in [6, 6.07) is 13.5. The molecule has 37 heavy (non-hydrogen) atoms. The van der Waals surface area contributed by atoms with Crippen LogP contribution in [-0.4, -0.2) is 36.0 Å². The van der Waals surface area contributed by atoms with E-state index in [0.29, 0.717) is 17.7 Å². The molecule has 0 aliphatic carbocycles. The van der Waals surface area contributed by atoms with E-state index in [1.54, 1.807) is 76.2 Å². The summed E-state index contributed by atoms with van der Waals surface area (Å²) in [5, 5.41) is 0. The topological polar surface area (TPSA) is 117 Å². The van der Waals surface area contributed by atoms with Crippen LogP contribution in [0.1, 0.15) is 68.9 Å². The fraction of sp³-hybridized carbons (Fsp3) is 0.429. The first-order valence-electron chi connectivity index (χ1n) is 12.1. The number of ether oxygens (including phenoxy) is 3. The molecule has 1 unspecified atom stereocenters. The van der Waals surface area contributed by atoms with Gasteiger partial charge in [0.2, 0.25) is 5.91 Å². The minimum absolute atomic E-state index is 0.0518. The number of hydrogen-bond donors (Lipinski definition) is 1. The first kappa shape index (κ1) is 29.5. The smallest absolute Gasteiger partial charge is 0.338 e.